The Morgan fingerprint density at radius 1 is 0.275 bits per heavy atom. The summed E-state index contributed by atoms with van der Waals surface area (Å²) < 4.78 is 31.6. The number of esters is 1. The van der Waals surface area contributed by atoms with Crippen LogP contribution < -0.4 is 23.7 Å². The van der Waals surface area contributed by atoms with E-state index < -0.39 is 4.92 Å². The molecule has 0 amide bonds. The molecule has 0 radical (unpaired) electrons. The van der Waals surface area contributed by atoms with Gasteiger partial charge in [0.15, 0.2) is 11.5 Å². The fraction of sp³-hybridized carbons (Fsp3) is 0.0738. The van der Waals surface area contributed by atoms with E-state index in [1.54, 1.807) is 135 Å². The van der Waals surface area contributed by atoms with Crippen LogP contribution in [0.2, 0.25) is 5.02 Å². The molecule has 0 fully saturated rings. The van der Waals surface area contributed by atoms with E-state index in [4.69, 9.17) is 40.0 Å². The van der Waals surface area contributed by atoms with E-state index >= 15 is 0 Å². The van der Waals surface area contributed by atoms with Crippen molar-refractivity contribution < 1.29 is 38.1 Å². The number of aryl methyl sites for hydroxylation is 2. The average Bonchev–Trinajstić information content (AvgIpc) is 0.812. The van der Waals surface area contributed by atoms with Gasteiger partial charge in [0, 0.05) is 271 Å². The number of aromatic nitrogens is 16. The van der Waals surface area contributed by atoms with Crippen molar-refractivity contribution in [1.82, 2.24) is 79.7 Å². The highest BCUT2D eigenvalue weighted by Crippen LogP contribution is 2.38. The molecule has 0 saturated heterocycles. The number of hydrogen-bond acceptors (Lipinski definition) is 25. The van der Waals surface area contributed by atoms with Gasteiger partial charge in [0.2, 0.25) is 0 Å². The molecule has 8 aromatic carbocycles. The maximum absolute atomic E-state index is 11.8. The average molecular weight is 1980 g/mol. The quantitative estimate of drug-likeness (QED) is 0.0493. The second-order valence-corrected chi connectivity index (χ2v) is 33.9. The Balaban J connectivity index is 0.000000116. The van der Waals surface area contributed by atoms with Gasteiger partial charge in [-0.1, -0.05) is 126 Å². The Bertz CT molecular complexity index is 8710. The third kappa shape index (κ3) is 25.9. The number of carbonyl (C=O) groups is 1. The van der Waals surface area contributed by atoms with Crippen LogP contribution in [-0.2, 0) is 4.74 Å². The standard InChI is InChI=1S/C17H14N2O2.2C16H14N2O2.C15H12N2O.2C15H12N2.C14H9ClN2.C14H9N3O2/c1-2-21-17(20)13-5-3-4-12(8-13)14-9-15-10-18-7-6-16(15)19-11-14;1-19-13-3-4-14(16(8-13)20-2)11-7-12-9-17-6-5-15(12)18-10-11;1-19-15-4-3-11(8-16(15)20-2)12-7-13-9-17-6-5-14(13)18-10-12;1-18-15-5-3-2-4-13(15)11-8-12-9-16-7-6-14(12)17-10-11;1-11-2-4-12(5-3-11)13-8-14-9-16-7-6-15(14)17-10-13;1-11-4-2-3-5-14(11)12-8-13-9-16-7-6-15(13)17-10-12;15-13-3-1-10(2-4-13)11-7-12-8-16-6-5-14(12)17-9-11;18-17(19)13-3-1-2-10(7-13)11-6-12-8-15-5-4-14(12)16-9-11/h3-11H,2H2,1H3;2*3-10H,1-2H3;2-10H,1H3;2*2-10H,1H3;1-9H;1-9H. The summed E-state index contributed by atoms with van der Waals surface area (Å²) in [5.41, 5.74) is 27.1. The highest BCUT2D eigenvalue weighted by molar-refractivity contribution is 6.30. The molecule has 0 atom stereocenters. The van der Waals surface area contributed by atoms with Gasteiger partial charge in [-0.2, -0.15) is 0 Å². The van der Waals surface area contributed by atoms with E-state index in [0.717, 1.165) is 187 Å². The Morgan fingerprint density at radius 2 is 0.604 bits per heavy atom. The number of non-ortho nitro benzene ring substituents is 1. The van der Waals surface area contributed by atoms with E-state index in [1.807, 2.05) is 244 Å². The van der Waals surface area contributed by atoms with E-state index in [-0.39, 0.29) is 11.7 Å². The lowest BCUT2D eigenvalue weighted by atomic mass is 10.0. The van der Waals surface area contributed by atoms with Crippen LogP contribution >= 0.6 is 11.6 Å². The summed E-state index contributed by atoms with van der Waals surface area (Å²) in [6.07, 6.45) is 43.1. The molecule has 16 heterocycles. The first kappa shape index (κ1) is 101. The number of methoxy groups -OCH3 is 5. The van der Waals surface area contributed by atoms with Crippen molar-refractivity contribution in [1.29, 1.82) is 0 Å². The maximum atomic E-state index is 11.8. The smallest absolute Gasteiger partial charge is 0.338 e. The predicted molar refractivity (Wildman–Crippen MR) is 590 cm³/mol. The summed E-state index contributed by atoms with van der Waals surface area (Å²) in [7, 11) is 8.21. The van der Waals surface area contributed by atoms with Gasteiger partial charge in [0.05, 0.1) is 96.8 Å². The van der Waals surface area contributed by atoms with Crippen LogP contribution in [0, 0.1) is 24.0 Å². The van der Waals surface area contributed by atoms with Gasteiger partial charge in [-0.25, -0.2) is 4.79 Å². The van der Waals surface area contributed by atoms with Crippen LogP contribution in [0.5, 0.6) is 28.7 Å². The fourth-order valence-electron chi connectivity index (χ4n) is 16.1. The van der Waals surface area contributed by atoms with Gasteiger partial charge in [0.1, 0.15) is 17.2 Å². The van der Waals surface area contributed by atoms with Gasteiger partial charge in [0.25, 0.3) is 5.69 Å². The Morgan fingerprint density at radius 3 is 0.987 bits per heavy atom. The molecular formula is C122H96ClN17O9. The monoisotopic (exact) mass is 1980 g/mol. The Kier molecular flexibility index (Phi) is 33.5. The summed E-state index contributed by atoms with van der Waals surface area (Å²) in [5, 5.41) is 19.6. The van der Waals surface area contributed by atoms with Crippen LogP contribution in [-0.4, -0.2) is 133 Å². The van der Waals surface area contributed by atoms with Crippen molar-refractivity contribution in [3.8, 4) is 118 Å². The van der Waals surface area contributed by atoms with Gasteiger partial charge in [-0.15, -0.1) is 0 Å². The number of nitro benzene ring substituents is 1. The number of nitro groups is 1. The normalized spacial score (nSPS) is 10.6. The van der Waals surface area contributed by atoms with Crippen molar-refractivity contribution in [2.75, 3.05) is 42.2 Å². The zero-order valence-electron chi connectivity index (χ0n) is 82.3. The third-order valence-electron chi connectivity index (χ3n) is 23.8. The summed E-state index contributed by atoms with van der Waals surface area (Å²) in [4.78, 5) is 90.4. The van der Waals surface area contributed by atoms with E-state index in [9.17, 15) is 14.9 Å². The molecule has 0 spiro atoms. The number of nitrogens with zero attached hydrogens (tertiary/aromatic N) is 17. The van der Waals surface area contributed by atoms with Crippen LogP contribution in [0.1, 0.15) is 28.4 Å². The molecule has 0 aliphatic rings. The van der Waals surface area contributed by atoms with E-state index in [1.165, 1.54) is 28.3 Å². The van der Waals surface area contributed by atoms with Gasteiger partial charge >= 0.3 is 5.97 Å². The number of para-hydroxylation sites is 1. The van der Waals surface area contributed by atoms with Crippen LogP contribution in [0.3, 0.4) is 0 Å². The summed E-state index contributed by atoms with van der Waals surface area (Å²) in [5.74, 6) is 3.48. The first-order valence-corrected chi connectivity index (χ1v) is 47.5. The molecule has 0 unspecified atom stereocenters. The molecule has 27 heteroatoms. The Hall–Kier alpha value is -19.6. The molecule has 0 saturated carbocycles. The minimum atomic E-state index is -0.403. The lowest BCUT2D eigenvalue weighted by Crippen LogP contribution is -2.04. The molecule has 26 nitrogen and oxygen atoms in total. The number of benzene rings is 8. The topological polar surface area (TPSA) is 322 Å². The highest BCUT2D eigenvalue weighted by atomic mass is 35.5. The zero-order valence-corrected chi connectivity index (χ0v) is 83.0. The molecule has 24 rings (SSSR count). The van der Waals surface area contributed by atoms with Crippen molar-refractivity contribution in [3.63, 3.8) is 0 Å². The zero-order chi connectivity index (χ0) is 103. The predicted octanol–water partition coefficient (Wildman–Crippen LogP) is 27.8. The SMILES string of the molecule is CCOC(=O)c1cccc(-c2cnc3ccncc3c2)c1.COc1ccc(-c2cnc3ccncc3c2)c(OC)c1.COc1ccc(-c2cnc3ccncc3c2)cc1OC.COc1ccccc1-c1cnc2ccncc2c1.Cc1ccc(-c2cnc3ccncc3c2)cc1.Cc1ccccc1-c1cnc2ccncc2c1.Clc1ccc(-c2cnc3ccncc3c2)cc1.O=[N+]([O-])c1cccc(-c2cnc3ccncc3c2)c1. The van der Waals surface area contributed by atoms with Crippen LogP contribution in [0.25, 0.3) is 176 Å². The summed E-state index contributed by atoms with van der Waals surface area (Å²) in [6, 6.07) is 89.5. The molecule has 16 aromatic heterocycles. The number of hydrogen-bond donors (Lipinski definition) is 0. The summed E-state index contributed by atoms with van der Waals surface area (Å²) in [6.45, 7) is 6.36. The molecule has 0 N–H and O–H groups in total. The molecule has 0 bridgehead atoms. The molecule has 0 aliphatic carbocycles. The third-order valence-corrected chi connectivity index (χ3v) is 24.1. The minimum absolute atomic E-state index is 0.0729. The molecule has 24 aromatic rings. The maximum Gasteiger partial charge on any atom is 0.338 e. The highest BCUT2D eigenvalue weighted by Gasteiger charge is 2.16. The minimum Gasteiger partial charge on any atom is -0.497 e. The first-order chi connectivity index (χ1) is 73.0. The number of halogens is 1. The molecule has 0 aliphatic heterocycles. The van der Waals surface area contributed by atoms with Crippen molar-refractivity contribution in [3.05, 3.63) is 460 Å². The summed E-state index contributed by atoms with van der Waals surface area (Å²) >= 11 is 5.87. The molecular weight excluding hydrogens is 1880 g/mol. The lowest BCUT2D eigenvalue weighted by molar-refractivity contribution is -0.384. The van der Waals surface area contributed by atoms with E-state index in [2.05, 4.69) is 179 Å². The van der Waals surface area contributed by atoms with Crippen molar-refractivity contribution in [2.45, 2.75) is 20.8 Å². The number of pyridine rings is 16. The largest absolute Gasteiger partial charge is 0.497 e. The van der Waals surface area contributed by atoms with Crippen LogP contribution in [0.4, 0.5) is 5.69 Å². The number of ether oxygens (including phenoxy) is 6. The Labute approximate surface area is 863 Å². The second-order valence-electron chi connectivity index (χ2n) is 33.5. The number of carbonyl (C=O) groups excluding carboxylic acids is 1. The fourth-order valence-corrected chi connectivity index (χ4v) is 16.2. The number of rotatable bonds is 16. The van der Waals surface area contributed by atoms with Crippen molar-refractivity contribution in [2.24, 2.45) is 0 Å². The van der Waals surface area contributed by atoms with Gasteiger partial charge in [-0.05, 0) is 211 Å². The van der Waals surface area contributed by atoms with E-state index in [0.29, 0.717) is 23.7 Å². The second kappa shape index (κ2) is 49.4. The first-order valence-electron chi connectivity index (χ1n) is 47.1. The lowest BCUT2D eigenvalue weighted by Gasteiger charge is -2.10. The van der Waals surface area contributed by atoms with Gasteiger partial charge < -0.3 is 28.4 Å². The molecule has 730 valence electrons. The van der Waals surface area contributed by atoms with Crippen LogP contribution in [0.15, 0.2) is 428 Å². The molecule has 149 heavy (non-hydrogen) atoms. The number of fused-ring (bicyclic) bond motifs is 8. The van der Waals surface area contributed by atoms with Crippen molar-refractivity contribution >= 4 is 110 Å². The van der Waals surface area contributed by atoms with Gasteiger partial charge in [-0.3, -0.25) is 89.9 Å².